The predicted octanol–water partition coefficient (Wildman–Crippen LogP) is 11.2. The van der Waals surface area contributed by atoms with E-state index >= 15 is 0 Å². The van der Waals surface area contributed by atoms with E-state index in [0.717, 1.165) is 66.5 Å². The molecule has 0 spiro atoms. The number of hydrogen-bond acceptors (Lipinski definition) is 4. The molecule has 4 nitrogen and oxygen atoms in total. The molecule has 0 amide bonds. The molecule has 0 fully saturated rings. The van der Waals surface area contributed by atoms with Crippen molar-refractivity contribution >= 4 is 71.7 Å². The highest BCUT2D eigenvalue weighted by molar-refractivity contribution is 6.19. The Bertz CT molecular complexity index is 2450. The Morgan fingerprint density at radius 2 is 1.16 bits per heavy atom. The molecule has 0 saturated heterocycles. The molecule has 0 aliphatic rings. The lowest BCUT2D eigenvalue weighted by Gasteiger charge is -2.25. The van der Waals surface area contributed by atoms with Crippen molar-refractivity contribution in [2.24, 2.45) is 0 Å². The van der Waals surface area contributed by atoms with E-state index < -0.39 is 0 Å². The quantitative estimate of drug-likeness (QED) is 0.218. The Hall–Kier alpha value is -5.87. The minimum atomic E-state index is 0.812. The van der Waals surface area contributed by atoms with E-state index in [4.69, 9.17) is 8.83 Å². The van der Waals surface area contributed by atoms with Gasteiger partial charge in [0.25, 0.3) is 0 Å². The SMILES string of the molecule is c1ccc(N(c2ccc(-c3ccc4c(ccc5oc6cnccc6c54)c3)cc2)c2ccc3c(c2)oc2ccccc23)cc1. The van der Waals surface area contributed by atoms with Gasteiger partial charge in [-0.3, -0.25) is 4.98 Å². The van der Waals surface area contributed by atoms with Crippen molar-refractivity contribution in [3.05, 3.63) is 146 Å². The number of rotatable bonds is 4. The Labute approximate surface area is 247 Å². The van der Waals surface area contributed by atoms with Crippen LogP contribution in [0.15, 0.2) is 155 Å². The van der Waals surface area contributed by atoms with Gasteiger partial charge in [-0.1, -0.05) is 66.7 Å². The van der Waals surface area contributed by atoms with Crippen LogP contribution in [0.4, 0.5) is 17.1 Å². The zero-order chi connectivity index (χ0) is 28.3. The van der Waals surface area contributed by atoms with Crippen LogP contribution in [0.1, 0.15) is 0 Å². The maximum atomic E-state index is 6.24. The van der Waals surface area contributed by atoms with E-state index in [0.29, 0.717) is 0 Å². The van der Waals surface area contributed by atoms with Crippen molar-refractivity contribution in [3.63, 3.8) is 0 Å². The number of pyridine rings is 1. The number of nitrogens with zero attached hydrogens (tertiary/aromatic N) is 2. The molecule has 0 saturated carbocycles. The highest BCUT2D eigenvalue weighted by atomic mass is 16.3. The summed E-state index contributed by atoms with van der Waals surface area (Å²) in [5.74, 6) is 0. The summed E-state index contributed by atoms with van der Waals surface area (Å²) in [6.45, 7) is 0. The van der Waals surface area contributed by atoms with Crippen molar-refractivity contribution < 1.29 is 8.83 Å². The molecular weight excluding hydrogens is 528 g/mol. The first-order chi connectivity index (χ1) is 21.3. The van der Waals surface area contributed by atoms with E-state index in [-0.39, 0.29) is 0 Å². The minimum absolute atomic E-state index is 0.812. The van der Waals surface area contributed by atoms with Crippen LogP contribution in [0.5, 0.6) is 0 Å². The molecule has 0 aliphatic heterocycles. The van der Waals surface area contributed by atoms with Gasteiger partial charge in [-0.25, -0.2) is 0 Å². The number of benzene rings is 6. The number of fused-ring (bicyclic) bond motifs is 8. The standard InChI is InChI=1S/C39H24N2O2/c1-2-6-28(7-3-1)41(30-16-18-33-32-8-4-5-9-35(32)42-37(33)23-30)29-14-10-25(11-15-29)26-12-17-31-27(22-26)13-19-36-39(31)34-20-21-40-24-38(34)43-36/h1-24H. The second-order valence-electron chi connectivity index (χ2n) is 10.8. The second kappa shape index (κ2) is 9.33. The fourth-order valence-electron chi connectivity index (χ4n) is 6.32. The molecule has 4 heteroatoms. The summed E-state index contributed by atoms with van der Waals surface area (Å²) in [4.78, 5) is 6.49. The molecule has 0 bridgehead atoms. The number of aromatic nitrogens is 1. The number of anilines is 3. The van der Waals surface area contributed by atoms with Crippen molar-refractivity contribution in [2.45, 2.75) is 0 Å². The van der Waals surface area contributed by atoms with Crippen molar-refractivity contribution in [1.29, 1.82) is 0 Å². The number of hydrogen-bond donors (Lipinski definition) is 0. The molecule has 0 N–H and O–H groups in total. The van der Waals surface area contributed by atoms with Crippen LogP contribution in [0, 0.1) is 0 Å². The van der Waals surface area contributed by atoms with E-state index in [1.165, 1.54) is 16.3 Å². The molecule has 6 aromatic carbocycles. The van der Waals surface area contributed by atoms with Crippen LogP contribution in [-0.4, -0.2) is 4.98 Å². The van der Waals surface area contributed by atoms with Crippen LogP contribution in [-0.2, 0) is 0 Å². The molecule has 43 heavy (non-hydrogen) atoms. The van der Waals surface area contributed by atoms with Gasteiger partial charge >= 0.3 is 0 Å². The summed E-state index contributed by atoms with van der Waals surface area (Å²) in [5.41, 5.74) is 9.01. The van der Waals surface area contributed by atoms with Gasteiger partial charge < -0.3 is 13.7 Å². The lowest BCUT2D eigenvalue weighted by atomic mass is 9.98. The van der Waals surface area contributed by atoms with E-state index in [2.05, 4.69) is 119 Å². The molecule has 9 rings (SSSR count). The van der Waals surface area contributed by atoms with Gasteiger partial charge in [-0.15, -0.1) is 0 Å². The fraction of sp³-hybridized carbons (Fsp3) is 0. The van der Waals surface area contributed by atoms with E-state index in [1.54, 1.807) is 6.20 Å². The first kappa shape index (κ1) is 23.8. The van der Waals surface area contributed by atoms with Gasteiger partial charge in [0.2, 0.25) is 0 Å². The molecular formula is C39H24N2O2. The van der Waals surface area contributed by atoms with Gasteiger partial charge in [0.15, 0.2) is 5.58 Å². The molecule has 0 atom stereocenters. The molecule has 0 radical (unpaired) electrons. The second-order valence-corrected chi connectivity index (χ2v) is 10.8. The average Bonchev–Trinajstić information content (AvgIpc) is 3.64. The molecule has 3 heterocycles. The predicted molar refractivity (Wildman–Crippen MR) is 176 cm³/mol. The fourth-order valence-corrected chi connectivity index (χ4v) is 6.32. The highest BCUT2D eigenvalue weighted by Crippen LogP contribution is 2.40. The summed E-state index contributed by atoms with van der Waals surface area (Å²) in [7, 11) is 0. The third-order valence-corrected chi connectivity index (χ3v) is 8.35. The third kappa shape index (κ3) is 3.81. The summed E-state index contributed by atoms with van der Waals surface area (Å²) in [6, 6.07) is 46.8. The van der Waals surface area contributed by atoms with Gasteiger partial charge in [-0.05, 0) is 82.6 Å². The molecule has 202 valence electrons. The van der Waals surface area contributed by atoms with Gasteiger partial charge in [0.1, 0.15) is 16.7 Å². The van der Waals surface area contributed by atoms with Crippen LogP contribution in [0.25, 0.3) is 65.8 Å². The lowest BCUT2D eigenvalue weighted by molar-refractivity contribution is 0.667. The molecule has 0 aliphatic carbocycles. The van der Waals surface area contributed by atoms with Gasteiger partial charge in [0, 0.05) is 50.9 Å². The van der Waals surface area contributed by atoms with Crippen LogP contribution in [0.2, 0.25) is 0 Å². The Morgan fingerprint density at radius 1 is 0.442 bits per heavy atom. The minimum Gasteiger partial charge on any atom is -0.456 e. The molecule has 9 aromatic rings. The first-order valence-electron chi connectivity index (χ1n) is 14.4. The summed E-state index contributed by atoms with van der Waals surface area (Å²) in [6.07, 6.45) is 3.60. The van der Waals surface area contributed by atoms with E-state index in [9.17, 15) is 0 Å². The monoisotopic (exact) mass is 552 g/mol. The maximum Gasteiger partial charge on any atom is 0.153 e. The van der Waals surface area contributed by atoms with Crippen LogP contribution < -0.4 is 4.90 Å². The summed E-state index contributed by atoms with van der Waals surface area (Å²) in [5, 5.41) is 6.84. The topological polar surface area (TPSA) is 42.4 Å². The highest BCUT2D eigenvalue weighted by Gasteiger charge is 2.16. The van der Waals surface area contributed by atoms with Crippen molar-refractivity contribution in [3.8, 4) is 11.1 Å². The maximum absolute atomic E-state index is 6.24. The average molecular weight is 553 g/mol. The van der Waals surface area contributed by atoms with Crippen molar-refractivity contribution in [1.82, 2.24) is 4.98 Å². The Morgan fingerprint density at radius 3 is 2.07 bits per heavy atom. The van der Waals surface area contributed by atoms with Gasteiger partial charge in [0.05, 0.1) is 6.20 Å². The summed E-state index contributed by atoms with van der Waals surface area (Å²) < 4.78 is 12.3. The van der Waals surface area contributed by atoms with Crippen molar-refractivity contribution in [2.75, 3.05) is 4.90 Å². The molecule has 0 unspecified atom stereocenters. The zero-order valence-electron chi connectivity index (χ0n) is 23.1. The van der Waals surface area contributed by atoms with Gasteiger partial charge in [-0.2, -0.15) is 0 Å². The van der Waals surface area contributed by atoms with E-state index in [1.807, 2.05) is 30.5 Å². The van der Waals surface area contributed by atoms with Crippen LogP contribution >= 0.6 is 0 Å². The first-order valence-corrected chi connectivity index (χ1v) is 14.4. The lowest BCUT2D eigenvalue weighted by Crippen LogP contribution is -2.09. The third-order valence-electron chi connectivity index (χ3n) is 8.35. The largest absolute Gasteiger partial charge is 0.456 e. The molecule has 3 aromatic heterocycles. The Balaban J connectivity index is 1.13. The zero-order valence-corrected chi connectivity index (χ0v) is 23.1. The summed E-state index contributed by atoms with van der Waals surface area (Å²) >= 11 is 0. The Kier molecular flexibility index (Phi) is 5.16. The smallest absolute Gasteiger partial charge is 0.153 e. The number of para-hydroxylation sites is 2. The van der Waals surface area contributed by atoms with Crippen LogP contribution in [0.3, 0.4) is 0 Å². The number of furan rings is 2. The normalized spacial score (nSPS) is 11.7.